The highest BCUT2D eigenvalue weighted by atomic mass is 16.5. The molecule has 0 fully saturated rings. The van der Waals surface area contributed by atoms with Crippen molar-refractivity contribution in [1.82, 2.24) is 0 Å². The van der Waals surface area contributed by atoms with E-state index in [1.165, 1.54) is 18.4 Å². The topological polar surface area (TPSA) is 26.3 Å². The highest BCUT2D eigenvalue weighted by Gasteiger charge is 2.11. The fraction of sp³-hybridized carbons (Fsp3) is 0.357. The molecule has 0 heterocycles. The number of methoxy groups -OCH3 is 1. The summed E-state index contributed by atoms with van der Waals surface area (Å²) in [5.74, 6) is 0.860. The molecule has 0 atom stereocenters. The van der Waals surface area contributed by atoms with Crippen molar-refractivity contribution in [3.8, 4) is 5.75 Å². The number of carbonyl (C=O) groups excluding carboxylic acids is 1. The smallest absolute Gasteiger partial charge is 0.150 e. The molecule has 84 valence electrons. The first kappa shape index (κ1) is 10.9. The zero-order valence-electron chi connectivity index (χ0n) is 9.53. The summed E-state index contributed by atoms with van der Waals surface area (Å²) >= 11 is 0. The molecular formula is C14H16O2. The van der Waals surface area contributed by atoms with Crippen molar-refractivity contribution in [2.75, 3.05) is 7.11 Å². The van der Waals surface area contributed by atoms with Gasteiger partial charge in [0.25, 0.3) is 0 Å². The molecule has 0 saturated carbocycles. The van der Waals surface area contributed by atoms with Gasteiger partial charge in [0.15, 0.2) is 0 Å². The normalized spacial score (nSPS) is 15.4. The van der Waals surface area contributed by atoms with Crippen molar-refractivity contribution < 1.29 is 9.53 Å². The van der Waals surface area contributed by atoms with E-state index in [0.717, 1.165) is 30.4 Å². The van der Waals surface area contributed by atoms with E-state index in [0.29, 0.717) is 5.56 Å². The summed E-state index contributed by atoms with van der Waals surface area (Å²) in [5.41, 5.74) is 3.10. The summed E-state index contributed by atoms with van der Waals surface area (Å²) in [4.78, 5) is 10.8. The molecule has 1 aliphatic carbocycles. The lowest BCUT2D eigenvalue weighted by Gasteiger charge is -2.16. The van der Waals surface area contributed by atoms with Gasteiger partial charge in [-0.2, -0.15) is 0 Å². The first-order valence-electron chi connectivity index (χ1n) is 5.68. The first-order valence-corrected chi connectivity index (χ1v) is 5.68. The molecule has 0 radical (unpaired) electrons. The quantitative estimate of drug-likeness (QED) is 0.723. The molecule has 2 heteroatoms. The molecule has 1 aromatic rings. The molecule has 0 spiro atoms. The van der Waals surface area contributed by atoms with Gasteiger partial charge in [-0.25, -0.2) is 0 Å². The van der Waals surface area contributed by atoms with Crippen LogP contribution in [0.25, 0.3) is 5.57 Å². The van der Waals surface area contributed by atoms with E-state index in [1.54, 1.807) is 13.2 Å². The van der Waals surface area contributed by atoms with Gasteiger partial charge in [0.05, 0.1) is 7.11 Å². The molecule has 0 bridgehead atoms. The van der Waals surface area contributed by atoms with Gasteiger partial charge in [-0.05, 0) is 49.5 Å². The van der Waals surface area contributed by atoms with E-state index in [2.05, 4.69) is 6.08 Å². The summed E-state index contributed by atoms with van der Waals surface area (Å²) in [5, 5.41) is 0. The van der Waals surface area contributed by atoms with Crippen LogP contribution in [0.3, 0.4) is 0 Å². The predicted octanol–water partition coefficient (Wildman–Crippen LogP) is 3.47. The van der Waals surface area contributed by atoms with Gasteiger partial charge in [-0.3, -0.25) is 4.79 Å². The number of carbonyl (C=O) groups is 1. The summed E-state index contributed by atoms with van der Waals surface area (Å²) < 4.78 is 5.34. The van der Waals surface area contributed by atoms with E-state index in [-0.39, 0.29) is 0 Å². The molecular weight excluding hydrogens is 200 g/mol. The first-order chi connectivity index (χ1) is 7.85. The second-order valence-corrected chi connectivity index (χ2v) is 4.05. The van der Waals surface area contributed by atoms with Crippen LogP contribution in [-0.4, -0.2) is 13.4 Å². The Kier molecular flexibility index (Phi) is 3.40. The number of benzene rings is 1. The number of aldehydes is 1. The standard InChI is InChI=1S/C14H16O2/c1-16-14-8-7-11(10-15)9-13(14)12-5-3-2-4-6-12/h5,7-10H,2-4,6H2,1H3. The SMILES string of the molecule is COc1ccc(C=O)cc1C1=CCCCC1. The Hall–Kier alpha value is -1.57. The Morgan fingerprint density at radius 2 is 2.19 bits per heavy atom. The van der Waals surface area contributed by atoms with Gasteiger partial charge < -0.3 is 4.74 Å². The summed E-state index contributed by atoms with van der Waals surface area (Å²) in [6.07, 6.45) is 7.84. The van der Waals surface area contributed by atoms with Crippen molar-refractivity contribution in [3.63, 3.8) is 0 Å². The van der Waals surface area contributed by atoms with Crippen LogP contribution in [0.5, 0.6) is 5.75 Å². The summed E-state index contributed by atoms with van der Waals surface area (Å²) in [6, 6.07) is 5.58. The summed E-state index contributed by atoms with van der Waals surface area (Å²) in [6.45, 7) is 0. The van der Waals surface area contributed by atoms with E-state index >= 15 is 0 Å². The highest BCUT2D eigenvalue weighted by Crippen LogP contribution is 2.33. The second-order valence-electron chi connectivity index (χ2n) is 4.05. The average Bonchev–Trinajstić information content (AvgIpc) is 2.39. The van der Waals surface area contributed by atoms with Gasteiger partial charge in [-0.1, -0.05) is 6.08 Å². The Morgan fingerprint density at radius 3 is 2.81 bits per heavy atom. The van der Waals surface area contributed by atoms with Gasteiger partial charge in [0.1, 0.15) is 12.0 Å². The molecule has 1 aromatic carbocycles. The number of rotatable bonds is 3. The minimum Gasteiger partial charge on any atom is -0.496 e. The Bertz CT molecular complexity index is 419. The zero-order valence-corrected chi connectivity index (χ0v) is 9.53. The van der Waals surface area contributed by atoms with E-state index in [1.807, 2.05) is 12.1 Å². The molecule has 1 aliphatic rings. The van der Waals surface area contributed by atoms with E-state index < -0.39 is 0 Å². The predicted molar refractivity (Wildman–Crippen MR) is 64.8 cm³/mol. The van der Waals surface area contributed by atoms with Crippen molar-refractivity contribution in [2.24, 2.45) is 0 Å². The maximum atomic E-state index is 10.8. The molecule has 16 heavy (non-hydrogen) atoms. The van der Waals surface area contributed by atoms with E-state index in [9.17, 15) is 4.79 Å². The third-order valence-corrected chi connectivity index (χ3v) is 3.00. The van der Waals surface area contributed by atoms with Crippen molar-refractivity contribution >= 4 is 11.9 Å². The number of allylic oxidation sites excluding steroid dienone is 2. The Balaban J connectivity index is 2.43. The minimum atomic E-state index is 0.710. The summed E-state index contributed by atoms with van der Waals surface area (Å²) in [7, 11) is 1.67. The van der Waals surface area contributed by atoms with Crippen LogP contribution < -0.4 is 4.74 Å². The number of ether oxygens (including phenoxy) is 1. The molecule has 2 rings (SSSR count). The third kappa shape index (κ3) is 2.16. The number of hydrogen-bond acceptors (Lipinski definition) is 2. The van der Waals surface area contributed by atoms with Crippen LogP contribution in [0, 0.1) is 0 Å². The van der Waals surface area contributed by atoms with Crippen molar-refractivity contribution in [1.29, 1.82) is 0 Å². The monoisotopic (exact) mass is 216 g/mol. The van der Waals surface area contributed by atoms with Gasteiger partial charge in [0, 0.05) is 11.1 Å². The van der Waals surface area contributed by atoms with Gasteiger partial charge in [-0.15, -0.1) is 0 Å². The van der Waals surface area contributed by atoms with Crippen LogP contribution in [0.4, 0.5) is 0 Å². The van der Waals surface area contributed by atoms with Crippen LogP contribution in [0.15, 0.2) is 24.3 Å². The fourth-order valence-electron chi connectivity index (χ4n) is 2.13. The third-order valence-electron chi connectivity index (χ3n) is 3.00. The van der Waals surface area contributed by atoms with Crippen LogP contribution in [-0.2, 0) is 0 Å². The Labute approximate surface area is 95.9 Å². The molecule has 0 aromatic heterocycles. The second kappa shape index (κ2) is 4.97. The van der Waals surface area contributed by atoms with Crippen molar-refractivity contribution in [3.05, 3.63) is 35.4 Å². The van der Waals surface area contributed by atoms with Crippen molar-refractivity contribution in [2.45, 2.75) is 25.7 Å². The van der Waals surface area contributed by atoms with Crippen LogP contribution in [0.1, 0.15) is 41.6 Å². The maximum absolute atomic E-state index is 10.8. The zero-order chi connectivity index (χ0) is 11.4. The lowest BCUT2D eigenvalue weighted by Crippen LogP contribution is -1.97. The maximum Gasteiger partial charge on any atom is 0.150 e. The fourth-order valence-corrected chi connectivity index (χ4v) is 2.13. The van der Waals surface area contributed by atoms with Gasteiger partial charge >= 0.3 is 0 Å². The lowest BCUT2D eigenvalue weighted by atomic mass is 9.92. The highest BCUT2D eigenvalue weighted by molar-refractivity contribution is 5.80. The molecule has 0 saturated heterocycles. The minimum absolute atomic E-state index is 0.710. The molecule has 0 unspecified atom stereocenters. The number of hydrogen-bond donors (Lipinski definition) is 0. The Morgan fingerprint density at radius 1 is 1.31 bits per heavy atom. The molecule has 0 N–H and O–H groups in total. The van der Waals surface area contributed by atoms with E-state index in [4.69, 9.17) is 4.74 Å². The lowest BCUT2D eigenvalue weighted by molar-refractivity contribution is 0.112. The molecule has 0 amide bonds. The van der Waals surface area contributed by atoms with Gasteiger partial charge in [0.2, 0.25) is 0 Å². The van der Waals surface area contributed by atoms with Crippen LogP contribution in [0.2, 0.25) is 0 Å². The largest absolute Gasteiger partial charge is 0.496 e. The average molecular weight is 216 g/mol. The molecule has 0 aliphatic heterocycles. The van der Waals surface area contributed by atoms with Crippen LogP contribution >= 0.6 is 0 Å². The molecule has 2 nitrogen and oxygen atoms in total.